The van der Waals surface area contributed by atoms with E-state index in [4.69, 9.17) is 12.2 Å². The molecule has 2 aromatic carbocycles. The number of hydrogen-bond donors (Lipinski definition) is 1. The van der Waals surface area contributed by atoms with Crippen LogP contribution in [-0.4, -0.2) is 40.0 Å². The van der Waals surface area contributed by atoms with E-state index in [0.29, 0.717) is 38.3 Å². The standard InChI is InChI=1S/C25H25N3O3S2/c1-14(2)12-28-24(31)22(33-25(28)32)21-17-7-5-6-8-19(17)27(23(21)30)13-20(29)26-18-10-9-15(3)11-16(18)4/h5-11,14H,12-13H2,1-4H3,(H,26,29)/b22-21-. The number of nitrogens with one attached hydrogen (secondary N) is 1. The summed E-state index contributed by atoms with van der Waals surface area (Å²) >= 11 is 6.58. The normalized spacial score (nSPS) is 17.9. The van der Waals surface area contributed by atoms with Crippen molar-refractivity contribution >= 4 is 63.0 Å². The van der Waals surface area contributed by atoms with Crippen LogP contribution in [-0.2, 0) is 14.4 Å². The molecule has 2 aliphatic heterocycles. The molecule has 0 atom stereocenters. The molecule has 1 N–H and O–H groups in total. The molecule has 0 saturated carbocycles. The molecule has 2 heterocycles. The van der Waals surface area contributed by atoms with Gasteiger partial charge in [-0.3, -0.25) is 24.2 Å². The van der Waals surface area contributed by atoms with E-state index < -0.39 is 0 Å². The number of fused-ring (bicyclic) bond motifs is 1. The van der Waals surface area contributed by atoms with Gasteiger partial charge < -0.3 is 5.32 Å². The van der Waals surface area contributed by atoms with E-state index >= 15 is 0 Å². The number of rotatable bonds is 5. The Kier molecular flexibility index (Phi) is 6.41. The minimum atomic E-state index is -0.364. The second-order valence-corrected chi connectivity index (χ2v) is 10.3. The smallest absolute Gasteiger partial charge is 0.267 e. The van der Waals surface area contributed by atoms with E-state index in [1.54, 1.807) is 17.0 Å². The lowest BCUT2D eigenvalue weighted by Gasteiger charge is -2.17. The van der Waals surface area contributed by atoms with Gasteiger partial charge >= 0.3 is 0 Å². The van der Waals surface area contributed by atoms with Gasteiger partial charge in [0.05, 0.1) is 16.2 Å². The lowest BCUT2D eigenvalue weighted by atomic mass is 10.1. The summed E-state index contributed by atoms with van der Waals surface area (Å²) in [4.78, 5) is 42.8. The van der Waals surface area contributed by atoms with E-state index in [1.807, 2.05) is 58.0 Å². The summed E-state index contributed by atoms with van der Waals surface area (Å²) in [5.41, 5.74) is 4.34. The van der Waals surface area contributed by atoms with Gasteiger partial charge in [-0.25, -0.2) is 0 Å². The molecule has 0 bridgehead atoms. The fraction of sp³-hybridized carbons (Fsp3) is 0.280. The monoisotopic (exact) mass is 479 g/mol. The van der Waals surface area contributed by atoms with E-state index in [1.165, 1.54) is 4.90 Å². The molecule has 8 heteroatoms. The maximum absolute atomic E-state index is 13.5. The third-order valence-electron chi connectivity index (χ3n) is 5.50. The summed E-state index contributed by atoms with van der Waals surface area (Å²) in [5, 5.41) is 2.89. The van der Waals surface area contributed by atoms with Crippen LogP contribution in [0.1, 0.15) is 30.5 Å². The van der Waals surface area contributed by atoms with Crippen LogP contribution in [0.2, 0.25) is 0 Å². The molecule has 0 unspecified atom stereocenters. The Morgan fingerprint density at radius 1 is 1.06 bits per heavy atom. The molecular weight excluding hydrogens is 454 g/mol. The van der Waals surface area contributed by atoms with Crippen LogP contribution in [0, 0.1) is 19.8 Å². The molecule has 6 nitrogen and oxygen atoms in total. The first-order valence-corrected chi connectivity index (χ1v) is 12.0. The molecular formula is C25H25N3O3S2. The number of aryl methyl sites for hydroxylation is 2. The van der Waals surface area contributed by atoms with Crippen LogP contribution in [0.4, 0.5) is 11.4 Å². The topological polar surface area (TPSA) is 69.7 Å². The number of nitrogens with zero attached hydrogens (tertiary/aromatic N) is 2. The largest absolute Gasteiger partial charge is 0.324 e. The number of carbonyl (C=O) groups is 3. The molecule has 1 fully saturated rings. The van der Waals surface area contributed by atoms with Crippen molar-refractivity contribution in [1.29, 1.82) is 0 Å². The quantitative estimate of drug-likeness (QED) is 0.505. The van der Waals surface area contributed by atoms with Crippen molar-refractivity contribution in [3.8, 4) is 0 Å². The highest BCUT2D eigenvalue weighted by Gasteiger charge is 2.42. The predicted molar refractivity (Wildman–Crippen MR) is 137 cm³/mol. The number of amides is 3. The summed E-state index contributed by atoms with van der Waals surface area (Å²) in [6.45, 7) is 8.29. The Morgan fingerprint density at radius 2 is 1.79 bits per heavy atom. The van der Waals surface area contributed by atoms with E-state index in [9.17, 15) is 14.4 Å². The number of thioether (sulfide) groups is 1. The fourth-order valence-electron chi connectivity index (χ4n) is 4.02. The summed E-state index contributed by atoms with van der Waals surface area (Å²) in [5.74, 6) is -0.678. The average Bonchev–Trinajstić information content (AvgIpc) is 3.17. The minimum Gasteiger partial charge on any atom is -0.324 e. The zero-order valence-electron chi connectivity index (χ0n) is 19.0. The molecule has 33 heavy (non-hydrogen) atoms. The predicted octanol–water partition coefficient (Wildman–Crippen LogP) is 4.52. The Morgan fingerprint density at radius 3 is 2.48 bits per heavy atom. The maximum atomic E-state index is 13.5. The molecule has 1 saturated heterocycles. The Hall–Kier alpha value is -2.97. The van der Waals surface area contributed by atoms with Gasteiger partial charge in [0.15, 0.2) is 0 Å². The van der Waals surface area contributed by atoms with Gasteiger partial charge in [0.2, 0.25) is 5.91 Å². The van der Waals surface area contributed by atoms with Crippen molar-refractivity contribution in [2.75, 3.05) is 23.3 Å². The number of hydrogen-bond acceptors (Lipinski definition) is 5. The molecule has 170 valence electrons. The van der Waals surface area contributed by atoms with Gasteiger partial charge in [-0.15, -0.1) is 0 Å². The third-order valence-corrected chi connectivity index (χ3v) is 6.95. The number of carbonyl (C=O) groups excluding carboxylic acids is 3. The molecule has 3 amide bonds. The van der Waals surface area contributed by atoms with Crippen molar-refractivity contribution < 1.29 is 14.4 Å². The van der Waals surface area contributed by atoms with E-state index in [0.717, 1.165) is 22.9 Å². The first-order chi connectivity index (χ1) is 15.7. The summed E-state index contributed by atoms with van der Waals surface area (Å²) in [6, 6.07) is 13.0. The van der Waals surface area contributed by atoms with Crippen LogP contribution >= 0.6 is 24.0 Å². The highest BCUT2D eigenvalue weighted by molar-refractivity contribution is 8.26. The zero-order valence-corrected chi connectivity index (χ0v) is 20.6. The van der Waals surface area contributed by atoms with Crippen molar-refractivity contribution in [3.05, 3.63) is 64.1 Å². The Bertz CT molecular complexity index is 1220. The van der Waals surface area contributed by atoms with Crippen LogP contribution in [0.3, 0.4) is 0 Å². The molecule has 0 aliphatic carbocycles. The highest BCUT2D eigenvalue weighted by Crippen LogP contribution is 2.44. The number of benzene rings is 2. The maximum Gasteiger partial charge on any atom is 0.267 e. The zero-order chi connectivity index (χ0) is 23.9. The molecule has 2 aliphatic rings. The first-order valence-electron chi connectivity index (χ1n) is 10.7. The lowest BCUT2D eigenvalue weighted by molar-refractivity contribution is -0.122. The molecule has 0 radical (unpaired) electrons. The van der Waals surface area contributed by atoms with E-state index in [-0.39, 0.29) is 30.2 Å². The Labute approximate surface area is 203 Å². The van der Waals surface area contributed by atoms with Crippen LogP contribution in [0.15, 0.2) is 47.4 Å². The first kappa shape index (κ1) is 23.2. The highest BCUT2D eigenvalue weighted by atomic mass is 32.2. The fourth-order valence-corrected chi connectivity index (χ4v) is 5.36. The van der Waals surface area contributed by atoms with Crippen LogP contribution in [0.5, 0.6) is 0 Å². The Balaban J connectivity index is 1.64. The second-order valence-electron chi connectivity index (χ2n) is 8.66. The van der Waals surface area contributed by atoms with Gasteiger partial charge in [-0.05, 0) is 37.5 Å². The van der Waals surface area contributed by atoms with Crippen molar-refractivity contribution in [2.45, 2.75) is 27.7 Å². The van der Waals surface area contributed by atoms with Gasteiger partial charge in [0.1, 0.15) is 10.9 Å². The second kappa shape index (κ2) is 9.11. The van der Waals surface area contributed by atoms with Gasteiger partial charge in [-0.2, -0.15) is 0 Å². The van der Waals surface area contributed by atoms with Crippen molar-refractivity contribution in [2.24, 2.45) is 5.92 Å². The molecule has 4 rings (SSSR count). The molecule has 2 aromatic rings. The van der Waals surface area contributed by atoms with Gasteiger partial charge in [0, 0.05) is 17.8 Å². The average molecular weight is 480 g/mol. The lowest BCUT2D eigenvalue weighted by Crippen LogP contribution is -2.36. The number of para-hydroxylation sites is 1. The van der Waals surface area contributed by atoms with Crippen LogP contribution < -0.4 is 10.2 Å². The van der Waals surface area contributed by atoms with Gasteiger partial charge in [0.25, 0.3) is 11.8 Å². The minimum absolute atomic E-state index is 0.154. The molecule has 0 aromatic heterocycles. The summed E-state index contributed by atoms with van der Waals surface area (Å²) < 4.78 is 0.451. The van der Waals surface area contributed by atoms with Gasteiger partial charge in [-0.1, -0.05) is 73.7 Å². The van der Waals surface area contributed by atoms with E-state index in [2.05, 4.69) is 5.32 Å². The number of thiocarbonyl (C=S) groups is 1. The van der Waals surface area contributed by atoms with Crippen molar-refractivity contribution in [3.63, 3.8) is 0 Å². The summed E-state index contributed by atoms with van der Waals surface area (Å²) in [6.07, 6.45) is 0. The van der Waals surface area contributed by atoms with Crippen LogP contribution in [0.25, 0.3) is 5.57 Å². The summed E-state index contributed by atoms with van der Waals surface area (Å²) in [7, 11) is 0. The van der Waals surface area contributed by atoms with Crippen molar-refractivity contribution in [1.82, 2.24) is 4.90 Å². The molecule has 0 spiro atoms. The third kappa shape index (κ3) is 4.45. The number of anilines is 2. The SMILES string of the molecule is Cc1ccc(NC(=O)CN2C(=O)/C(=C3\SC(=S)N(CC(C)C)C3=O)c3ccccc32)c(C)c1.